The fraction of sp³-hybridized carbons (Fsp3) is 0.435. The van der Waals surface area contributed by atoms with Crippen LogP contribution in [0, 0.1) is 5.92 Å². The Morgan fingerprint density at radius 2 is 1.90 bits per heavy atom. The molecule has 168 valence electrons. The van der Waals surface area contributed by atoms with Gasteiger partial charge in [-0.05, 0) is 61.6 Å². The highest BCUT2D eigenvalue weighted by Gasteiger charge is 2.29. The fourth-order valence-corrected chi connectivity index (χ4v) is 5.09. The maximum atomic E-state index is 13.1. The number of nitrogens with zero attached hydrogens (tertiary/aromatic N) is 1. The third-order valence-electron chi connectivity index (χ3n) is 5.46. The Balaban J connectivity index is 1.78. The summed E-state index contributed by atoms with van der Waals surface area (Å²) in [6, 6.07) is 11.9. The molecule has 1 heterocycles. The summed E-state index contributed by atoms with van der Waals surface area (Å²) in [7, 11) is -2.21. The minimum absolute atomic E-state index is 0.103. The Hall–Kier alpha value is -2.58. The molecule has 8 heteroatoms. The van der Waals surface area contributed by atoms with Crippen LogP contribution in [0.3, 0.4) is 0 Å². The molecule has 1 N–H and O–H groups in total. The fourth-order valence-electron chi connectivity index (χ4n) is 3.59. The molecule has 1 aliphatic rings. The van der Waals surface area contributed by atoms with Gasteiger partial charge in [0.15, 0.2) is 0 Å². The Morgan fingerprint density at radius 1 is 1.16 bits per heavy atom. The number of sulfonamides is 1. The number of hydrogen-bond acceptors (Lipinski definition) is 5. The van der Waals surface area contributed by atoms with Gasteiger partial charge in [0.25, 0.3) is 5.91 Å². The number of hydrogen-bond donors (Lipinski definition) is 1. The normalized spacial score (nSPS) is 15.5. The molecule has 0 spiro atoms. The van der Waals surface area contributed by atoms with Gasteiger partial charge in [-0.25, -0.2) is 8.42 Å². The van der Waals surface area contributed by atoms with Crippen LogP contribution in [0.2, 0.25) is 0 Å². The van der Waals surface area contributed by atoms with Crippen molar-refractivity contribution in [3.63, 3.8) is 0 Å². The second kappa shape index (κ2) is 10.2. The molecule has 1 saturated heterocycles. The van der Waals surface area contributed by atoms with Crippen LogP contribution in [0.1, 0.15) is 42.6 Å². The van der Waals surface area contributed by atoms with E-state index in [0.717, 1.165) is 24.2 Å². The molecule has 0 saturated carbocycles. The van der Waals surface area contributed by atoms with Gasteiger partial charge in [0.2, 0.25) is 10.0 Å². The van der Waals surface area contributed by atoms with Gasteiger partial charge in [-0.3, -0.25) is 4.79 Å². The SMILES string of the molecule is CCOc1cccc(CNC(=O)c2cc(S(=O)(=O)N3CCC(C)CC3)ccc2OC)c1. The van der Waals surface area contributed by atoms with E-state index in [0.29, 0.717) is 31.4 Å². The van der Waals surface area contributed by atoms with Gasteiger partial charge in [-0.1, -0.05) is 19.1 Å². The van der Waals surface area contributed by atoms with E-state index in [2.05, 4.69) is 12.2 Å². The van der Waals surface area contributed by atoms with Gasteiger partial charge in [0.1, 0.15) is 11.5 Å². The first-order chi connectivity index (χ1) is 14.8. The Kier molecular flexibility index (Phi) is 7.56. The van der Waals surface area contributed by atoms with Crippen LogP contribution in [0.15, 0.2) is 47.4 Å². The van der Waals surface area contributed by atoms with Crippen molar-refractivity contribution in [2.24, 2.45) is 5.92 Å². The number of benzene rings is 2. The van der Waals surface area contributed by atoms with Crippen LogP contribution < -0.4 is 14.8 Å². The summed E-state index contributed by atoms with van der Waals surface area (Å²) in [6.45, 7) is 5.87. The summed E-state index contributed by atoms with van der Waals surface area (Å²) in [5.74, 6) is 1.18. The molecule has 0 aromatic heterocycles. The summed E-state index contributed by atoms with van der Waals surface area (Å²) < 4.78 is 38.5. The van der Waals surface area contributed by atoms with Crippen LogP contribution in [0.25, 0.3) is 0 Å². The summed E-state index contributed by atoms with van der Waals surface area (Å²) in [4.78, 5) is 13.0. The van der Waals surface area contributed by atoms with Gasteiger partial charge in [-0.2, -0.15) is 4.31 Å². The zero-order chi connectivity index (χ0) is 22.4. The van der Waals surface area contributed by atoms with E-state index < -0.39 is 15.9 Å². The van der Waals surface area contributed by atoms with Crippen LogP contribution in [-0.2, 0) is 16.6 Å². The molecule has 0 aliphatic carbocycles. The Morgan fingerprint density at radius 3 is 2.58 bits per heavy atom. The molecule has 2 aromatic rings. The number of rotatable bonds is 8. The molecule has 3 rings (SSSR count). The first-order valence-electron chi connectivity index (χ1n) is 10.5. The molecule has 1 aliphatic heterocycles. The predicted molar refractivity (Wildman–Crippen MR) is 119 cm³/mol. The lowest BCUT2D eigenvalue weighted by Gasteiger charge is -2.29. The van der Waals surface area contributed by atoms with E-state index in [-0.39, 0.29) is 17.0 Å². The van der Waals surface area contributed by atoms with Crippen molar-refractivity contribution >= 4 is 15.9 Å². The van der Waals surface area contributed by atoms with Crippen molar-refractivity contribution in [1.82, 2.24) is 9.62 Å². The first-order valence-corrected chi connectivity index (χ1v) is 12.0. The van der Waals surface area contributed by atoms with E-state index in [1.165, 1.54) is 29.6 Å². The molecule has 0 bridgehead atoms. The second-order valence-electron chi connectivity index (χ2n) is 7.71. The average molecular weight is 447 g/mol. The van der Waals surface area contributed by atoms with Crippen LogP contribution in [0.5, 0.6) is 11.5 Å². The first kappa shape index (κ1) is 23.1. The highest BCUT2D eigenvalue weighted by Crippen LogP contribution is 2.27. The molecular weight excluding hydrogens is 416 g/mol. The number of nitrogens with one attached hydrogen (secondary N) is 1. The van der Waals surface area contributed by atoms with Gasteiger partial charge in [0, 0.05) is 19.6 Å². The molecule has 7 nitrogen and oxygen atoms in total. The van der Waals surface area contributed by atoms with Crippen molar-refractivity contribution < 1.29 is 22.7 Å². The van der Waals surface area contributed by atoms with E-state index in [4.69, 9.17) is 9.47 Å². The predicted octanol–water partition coefficient (Wildman–Crippen LogP) is 3.44. The van der Waals surface area contributed by atoms with Crippen molar-refractivity contribution in [3.8, 4) is 11.5 Å². The molecule has 31 heavy (non-hydrogen) atoms. The van der Waals surface area contributed by atoms with Gasteiger partial charge in [0.05, 0.1) is 24.2 Å². The molecule has 0 atom stereocenters. The quantitative estimate of drug-likeness (QED) is 0.671. The monoisotopic (exact) mass is 446 g/mol. The number of carbonyl (C=O) groups excluding carboxylic acids is 1. The highest BCUT2D eigenvalue weighted by atomic mass is 32.2. The van der Waals surface area contributed by atoms with E-state index in [1.807, 2.05) is 31.2 Å². The zero-order valence-electron chi connectivity index (χ0n) is 18.3. The maximum Gasteiger partial charge on any atom is 0.255 e. The lowest BCUT2D eigenvalue weighted by Crippen LogP contribution is -2.38. The van der Waals surface area contributed by atoms with Crippen LogP contribution in [0.4, 0.5) is 0 Å². The van der Waals surface area contributed by atoms with E-state index >= 15 is 0 Å². The summed E-state index contributed by atoms with van der Waals surface area (Å²) in [6.07, 6.45) is 1.67. The van der Waals surface area contributed by atoms with Crippen molar-refractivity contribution in [3.05, 3.63) is 53.6 Å². The standard InChI is InChI=1S/C23H30N2O5S/c1-4-30-19-7-5-6-18(14-19)16-24-23(26)21-15-20(8-9-22(21)29-3)31(27,28)25-12-10-17(2)11-13-25/h5-9,14-15,17H,4,10-13,16H2,1-3H3,(H,24,26). The second-order valence-corrected chi connectivity index (χ2v) is 9.65. The average Bonchev–Trinajstić information content (AvgIpc) is 2.78. The number of carbonyl (C=O) groups is 1. The Bertz CT molecular complexity index is 1010. The zero-order valence-corrected chi connectivity index (χ0v) is 19.1. The minimum atomic E-state index is -3.66. The molecule has 2 aromatic carbocycles. The largest absolute Gasteiger partial charge is 0.496 e. The topological polar surface area (TPSA) is 84.9 Å². The van der Waals surface area contributed by atoms with Gasteiger partial charge >= 0.3 is 0 Å². The van der Waals surface area contributed by atoms with Gasteiger partial charge in [-0.15, -0.1) is 0 Å². The highest BCUT2D eigenvalue weighted by molar-refractivity contribution is 7.89. The third-order valence-corrected chi connectivity index (χ3v) is 7.35. The molecule has 0 radical (unpaired) electrons. The van der Waals surface area contributed by atoms with Crippen LogP contribution in [-0.4, -0.2) is 45.4 Å². The van der Waals surface area contributed by atoms with Crippen molar-refractivity contribution in [2.75, 3.05) is 26.8 Å². The van der Waals surface area contributed by atoms with Crippen LogP contribution >= 0.6 is 0 Å². The van der Waals surface area contributed by atoms with E-state index in [1.54, 1.807) is 0 Å². The smallest absolute Gasteiger partial charge is 0.255 e. The number of piperidine rings is 1. The van der Waals surface area contributed by atoms with Gasteiger partial charge < -0.3 is 14.8 Å². The lowest BCUT2D eigenvalue weighted by atomic mass is 10.0. The summed E-state index contributed by atoms with van der Waals surface area (Å²) >= 11 is 0. The van der Waals surface area contributed by atoms with Crippen molar-refractivity contribution in [2.45, 2.75) is 38.1 Å². The molecule has 0 unspecified atom stereocenters. The number of amides is 1. The summed E-state index contributed by atoms with van der Waals surface area (Å²) in [5, 5.41) is 2.84. The Labute approximate surface area is 184 Å². The minimum Gasteiger partial charge on any atom is -0.496 e. The molecule has 1 amide bonds. The number of ether oxygens (including phenoxy) is 2. The molecular formula is C23H30N2O5S. The van der Waals surface area contributed by atoms with Crippen molar-refractivity contribution in [1.29, 1.82) is 0 Å². The lowest BCUT2D eigenvalue weighted by molar-refractivity contribution is 0.0947. The molecule has 1 fully saturated rings. The summed E-state index contributed by atoms with van der Waals surface area (Å²) in [5.41, 5.74) is 1.07. The third kappa shape index (κ3) is 5.57. The number of methoxy groups -OCH3 is 1. The van der Waals surface area contributed by atoms with E-state index in [9.17, 15) is 13.2 Å². The maximum absolute atomic E-state index is 13.1.